The number of pyridine rings is 1. The number of nitrogens with zero attached hydrogens (tertiary/aromatic N) is 2. The molecule has 0 aromatic carbocycles. The number of piperidine rings is 1. The molecular weight excluding hydrogens is 210 g/mol. The summed E-state index contributed by atoms with van der Waals surface area (Å²) in [5, 5.41) is 3.22. The molecule has 1 aliphatic rings. The van der Waals surface area contributed by atoms with Crippen LogP contribution >= 0.6 is 0 Å². The molecule has 3 heteroatoms. The summed E-state index contributed by atoms with van der Waals surface area (Å²) in [6.07, 6.45) is 6.49. The fourth-order valence-electron chi connectivity index (χ4n) is 2.68. The Balaban J connectivity index is 2.21. The smallest absolute Gasteiger partial charge is 0.0443 e. The maximum Gasteiger partial charge on any atom is 0.0443 e. The van der Waals surface area contributed by atoms with Gasteiger partial charge >= 0.3 is 0 Å². The first-order valence-corrected chi connectivity index (χ1v) is 6.45. The zero-order valence-corrected chi connectivity index (χ0v) is 11.2. The molecule has 17 heavy (non-hydrogen) atoms. The molecule has 3 nitrogen and oxygen atoms in total. The average molecular weight is 233 g/mol. The summed E-state index contributed by atoms with van der Waals surface area (Å²) < 4.78 is 0. The van der Waals surface area contributed by atoms with Crippen molar-refractivity contribution < 1.29 is 0 Å². The van der Waals surface area contributed by atoms with E-state index in [0.717, 1.165) is 13.1 Å². The van der Waals surface area contributed by atoms with Gasteiger partial charge in [0.1, 0.15) is 0 Å². The van der Waals surface area contributed by atoms with Crippen LogP contribution in [0, 0.1) is 5.41 Å². The molecule has 1 N–H and O–H groups in total. The molecule has 1 saturated heterocycles. The second-order valence-corrected chi connectivity index (χ2v) is 5.72. The van der Waals surface area contributed by atoms with Crippen LogP contribution in [0.1, 0.15) is 32.3 Å². The minimum Gasteiger partial charge on any atom is -0.371 e. The van der Waals surface area contributed by atoms with Crippen molar-refractivity contribution in [3.8, 4) is 0 Å². The van der Waals surface area contributed by atoms with Crippen molar-refractivity contribution in [2.24, 2.45) is 5.41 Å². The number of hydrogen-bond acceptors (Lipinski definition) is 3. The predicted molar refractivity (Wildman–Crippen MR) is 72.2 cm³/mol. The highest BCUT2D eigenvalue weighted by molar-refractivity contribution is 5.52. The molecule has 1 aromatic rings. The van der Waals surface area contributed by atoms with E-state index in [9.17, 15) is 0 Å². The van der Waals surface area contributed by atoms with E-state index in [0.29, 0.717) is 5.41 Å². The quantitative estimate of drug-likeness (QED) is 0.869. The lowest BCUT2D eigenvalue weighted by atomic mass is 9.84. The van der Waals surface area contributed by atoms with E-state index in [-0.39, 0.29) is 0 Å². The second kappa shape index (κ2) is 5.05. The second-order valence-electron chi connectivity index (χ2n) is 5.72. The third-order valence-electron chi connectivity index (χ3n) is 3.49. The van der Waals surface area contributed by atoms with Gasteiger partial charge in [0.15, 0.2) is 0 Å². The summed E-state index contributed by atoms with van der Waals surface area (Å²) in [7, 11) is 1.98. The van der Waals surface area contributed by atoms with Crippen LogP contribution in [-0.2, 0) is 6.54 Å². The van der Waals surface area contributed by atoms with E-state index in [1.54, 1.807) is 0 Å². The van der Waals surface area contributed by atoms with E-state index in [1.165, 1.54) is 30.6 Å². The lowest BCUT2D eigenvalue weighted by Crippen LogP contribution is -2.40. The highest BCUT2D eigenvalue weighted by Gasteiger charge is 2.27. The molecule has 2 heterocycles. The Morgan fingerprint density at radius 2 is 2.29 bits per heavy atom. The fourth-order valence-corrected chi connectivity index (χ4v) is 2.68. The Morgan fingerprint density at radius 1 is 1.47 bits per heavy atom. The first-order valence-electron chi connectivity index (χ1n) is 6.45. The van der Waals surface area contributed by atoms with Crippen LogP contribution < -0.4 is 10.2 Å². The lowest BCUT2D eigenvalue weighted by Gasteiger charge is -2.40. The highest BCUT2D eigenvalue weighted by Crippen LogP contribution is 2.32. The Labute approximate surface area is 104 Å². The maximum absolute atomic E-state index is 4.23. The van der Waals surface area contributed by atoms with Gasteiger partial charge in [0.05, 0.1) is 0 Å². The van der Waals surface area contributed by atoms with Gasteiger partial charge in [-0.25, -0.2) is 0 Å². The zero-order valence-electron chi connectivity index (χ0n) is 11.2. The number of anilines is 1. The Kier molecular flexibility index (Phi) is 3.67. The van der Waals surface area contributed by atoms with Crippen LogP contribution in [0.5, 0.6) is 0 Å². The highest BCUT2D eigenvalue weighted by atomic mass is 15.1. The predicted octanol–water partition coefficient (Wildman–Crippen LogP) is 2.43. The van der Waals surface area contributed by atoms with E-state index < -0.39 is 0 Å². The molecule has 0 spiro atoms. The topological polar surface area (TPSA) is 28.2 Å². The monoisotopic (exact) mass is 233 g/mol. The van der Waals surface area contributed by atoms with Gasteiger partial charge in [-0.05, 0) is 31.4 Å². The summed E-state index contributed by atoms with van der Waals surface area (Å²) in [5.74, 6) is 0. The molecule has 94 valence electrons. The van der Waals surface area contributed by atoms with Gasteiger partial charge in [-0.2, -0.15) is 0 Å². The van der Waals surface area contributed by atoms with Gasteiger partial charge in [0.25, 0.3) is 0 Å². The van der Waals surface area contributed by atoms with Crippen LogP contribution in [0.4, 0.5) is 5.69 Å². The van der Waals surface area contributed by atoms with E-state index >= 15 is 0 Å². The molecule has 0 aliphatic carbocycles. The van der Waals surface area contributed by atoms with Crippen LogP contribution in [0.2, 0.25) is 0 Å². The SMILES string of the molecule is CNCc1cnccc1N1CCCC(C)(C)C1. The lowest BCUT2D eigenvalue weighted by molar-refractivity contribution is 0.293. The summed E-state index contributed by atoms with van der Waals surface area (Å²) in [4.78, 5) is 6.74. The third-order valence-corrected chi connectivity index (χ3v) is 3.49. The average Bonchev–Trinajstić information content (AvgIpc) is 2.29. The molecular formula is C14H23N3. The fraction of sp³-hybridized carbons (Fsp3) is 0.643. The Bertz CT molecular complexity index is 373. The van der Waals surface area contributed by atoms with E-state index in [4.69, 9.17) is 0 Å². The van der Waals surface area contributed by atoms with Crippen molar-refractivity contribution in [1.29, 1.82) is 0 Å². The molecule has 1 fully saturated rings. The first kappa shape index (κ1) is 12.4. The summed E-state index contributed by atoms with van der Waals surface area (Å²) in [5.41, 5.74) is 3.08. The minimum absolute atomic E-state index is 0.429. The number of aromatic nitrogens is 1. The van der Waals surface area contributed by atoms with Crippen molar-refractivity contribution in [1.82, 2.24) is 10.3 Å². The normalized spacial score (nSPS) is 19.4. The van der Waals surface area contributed by atoms with Crippen molar-refractivity contribution in [2.75, 3.05) is 25.0 Å². The van der Waals surface area contributed by atoms with Crippen molar-refractivity contribution in [3.63, 3.8) is 0 Å². The molecule has 0 bridgehead atoms. The number of nitrogens with one attached hydrogen (secondary N) is 1. The molecule has 0 unspecified atom stereocenters. The summed E-state index contributed by atoms with van der Waals surface area (Å²) >= 11 is 0. The van der Waals surface area contributed by atoms with E-state index in [2.05, 4.69) is 35.1 Å². The van der Waals surface area contributed by atoms with Crippen LogP contribution in [0.3, 0.4) is 0 Å². The summed E-state index contributed by atoms with van der Waals surface area (Å²) in [6, 6.07) is 2.15. The largest absolute Gasteiger partial charge is 0.371 e. The van der Waals surface area contributed by atoms with Crippen molar-refractivity contribution in [2.45, 2.75) is 33.2 Å². The number of rotatable bonds is 3. The van der Waals surface area contributed by atoms with Gasteiger partial charge in [-0.3, -0.25) is 4.98 Å². The Hall–Kier alpha value is -1.09. The van der Waals surface area contributed by atoms with Gasteiger partial charge in [-0.15, -0.1) is 0 Å². The number of hydrogen-bond donors (Lipinski definition) is 1. The molecule has 0 amide bonds. The van der Waals surface area contributed by atoms with Crippen molar-refractivity contribution in [3.05, 3.63) is 24.0 Å². The van der Waals surface area contributed by atoms with Gasteiger partial charge in [0, 0.05) is 43.3 Å². The van der Waals surface area contributed by atoms with Crippen LogP contribution in [0.15, 0.2) is 18.5 Å². The molecule has 2 rings (SSSR count). The molecule has 0 saturated carbocycles. The first-order chi connectivity index (χ1) is 8.12. The van der Waals surface area contributed by atoms with Crippen LogP contribution in [0.25, 0.3) is 0 Å². The van der Waals surface area contributed by atoms with Gasteiger partial charge in [-0.1, -0.05) is 13.8 Å². The third kappa shape index (κ3) is 2.97. The molecule has 1 aromatic heterocycles. The Morgan fingerprint density at radius 3 is 3.00 bits per heavy atom. The standard InChI is InChI=1S/C14H23N3/c1-14(2)6-4-8-17(11-14)13-5-7-16-10-12(13)9-15-3/h5,7,10,15H,4,6,8-9,11H2,1-3H3. The maximum atomic E-state index is 4.23. The van der Waals surface area contributed by atoms with Gasteiger partial charge < -0.3 is 10.2 Å². The zero-order chi connectivity index (χ0) is 12.3. The van der Waals surface area contributed by atoms with Gasteiger partial charge in [0.2, 0.25) is 0 Å². The summed E-state index contributed by atoms with van der Waals surface area (Å²) in [6.45, 7) is 7.92. The molecule has 1 aliphatic heterocycles. The van der Waals surface area contributed by atoms with Crippen molar-refractivity contribution >= 4 is 5.69 Å². The molecule has 0 radical (unpaired) electrons. The van der Waals surface area contributed by atoms with E-state index in [1.807, 2.05) is 19.4 Å². The van der Waals surface area contributed by atoms with Crippen LogP contribution in [-0.4, -0.2) is 25.1 Å². The minimum atomic E-state index is 0.429. The molecule has 0 atom stereocenters.